The number of rotatable bonds is 3. The maximum Gasteiger partial charge on any atom is 0.230 e. The van der Waals surface area contributed by atoms with Gasteiger partial charge in [-0.15, -0.1) is 11.6 Å². The van der Waals surface area contributed by atoms with Crippen molar-refractivity contribution in [2.24, 2.45) is 17.3 Å². The van der Waals surface area contributed by atoms with Gasteiger partial charge in [0.2, 0.25) is 5.91 Å². The molecular weight excluding hydrogens is 310 g/mol. The second-order valence-electron chi connectivity index (χ2n) is 8.12. The third-order valence-electron chi connectivity index (χ3n) is 5.93. The lowest BCUT2D eigenvalue weighted by atomic mass is 9.49. The second-order valence-corrected chi connectivity index (χ2v) is 8.92. The lowest BCUT2D eigenvalue weighted by Gasteiger charge is -2.59. The predicted molar refractivity (Wildman–Crippen MR) is 92.9 cm³/mol. The summed E-state index contributed by atoms with van der Waals surface area (Å²) in [5.74, 6) is 2.20. The smallest absolute Gasteiger partial charge is 0.230 e. The summed E-state index contributed by atoms with van der Waals surface area (Å²) in [6.07, 6.45) is 8.04. The van der Waals surface area contributed by atoms with Gasteiger partial charge in [0.15, 0.2) is 5.82 Å². The number of aromatic nitrogens is 1. The van der Waals surface area contributed by atoms with Crippen LogP contribution in [0.4, 0.5) is 11.5 Å². The SMILES string of the molecule is CN(C)c1ncccc1NC(=O)C12C[C@H]3C[C@@H](CC(Cl)(C3)C1)C2. The van der Waals surface area contributed by atoms with E-state index in [-0.39, 0.29) is 16.2 Å². The van der Waals surface area contributed by atoms with E-state index >= 15 is 0 Å². The van der Waals surface area contributed by atoms with Gasteiger partial charge >= 0.3 is 0 Å². The van der Waals surface area contributed by atoms with E-state index in [9.17, 15) is 4.79 Å². The van der Waals surface area contributed by atoms with Crippen molar-refractivity contribution in [3.05, 3.63) is 18.3 Å². The van der Waals surface area contributed by atoms with E-state index in [0.29, 0.717) is 11.8 Å². The van der Waals surface area contributed by atoms with Crippen LogP contribution in [0.3, 0.4) is 0 Å². The summed E-state index contributed by atoms with van der Waals surface area (Å²) >= 11 is 6.85. The molecule has 0 spiro atoms. The number of carbonyl (C=O) groups excluding carboxylic acids is 1. The van der Waals surface area contributed by atoms with Crippen LogP contribution in [0.2, 0.25) is 0 Å². The monoisotopic (exact) mass is 333 g/mol. The van der Waals surface area contributed by atoms with E-state index in [4.69, 9.17) is 11.6 Å². The predicted octanol–water partition coefficient (Wildman–Crippen LogP) is 3.66. The van der Waals surface area contributed by atoms with Gasteiger partial charge in [0.1, 0.15) is 0 Å². The van der Waals surface area contributed by atoms with Gasteiger partial charge in [-0.2, -0.15) is 0 Å². The van der Waals surface area contributed by atoms with Gasteiger partial charge in [-0.1, -0.05) is 0 Å². The molecule has 0 radical (unpaired) electrons. The average Bonchev–Trinajstić information content (AvgIpc) is 2.45. The molecular formula is C18H24ClN3O. The summed E-state index contributed by atoms with van der Waals surface area (Å²) in [6, 6.07) is 3.79. The first-order valence-corrected chi connectivity index (χ1v) is 8.90. The molecule has 4 fully saturated rings. The molecule has 1 aromatic rings. The maximum atomic E-state index is 13.2. The summed E-state index contributed by atoms with van der Waals surface area (Å²) in [5.41, 5.74) is 0.521. The average molecular weight is 334 g/mol. The molecule has 124 valence electrons. The number of anilines is 2. The molecule has 2 atom stereocenters. The van der Waals surface area contributed by atoms with Crippen molar-refractivity contribution in [1.29, 1.82) is 0 Å². The lowest BCUT2D eigenvalue weighted by Crippen LogP contribution is -2.57. The molecule has 5 rings (SSSR count). The van der Waals surface area contributed by atoms with Crippen LogP contribution in [0, 0.1) is 17.3 Å². The van der Waals surface area contributed by atoms with Crippen molar-refractivity contribution >= 4 is 29.0 Å². The van der Waals surface area contributed by atoms with E-state index < -0.39 is 0 Å². The molecule has 1 aromatic heterocycles. The van der Waals surface area contributed by atoms with Crippen molar-refractivity contribution in [3.8, 4) is 0 Å². The van der Waals surface area contributed by atoms with Gasteiger partial charge in [-0.25, -0.2) is 4.98 Å². The number of hydrogen-bond acceptors (Lipinski definition) is 3. The Balaban J connectivity index is 1.61. The van der Waals surface area contributed by atoms with E-state index in [0.717, 1.165) is 43.6 Å². The quantitative estimate of drug-likeness (QED) is 0.858. The van der Waals surface area contributed by atoms with Crippen molar-refractivity contribution < 1.29 is 4.79 Å². The highest BCUT2D eigenvalue weighted by Gasteiger charge is 2.60. The number of hydrogen-bond donors (Lipinski definition) is 1. The van der Waals surface area contributed by atoms with E-state index in [1.165, 1.54) is 6.42 Å². The van der Waals surface area contributed by atoms with E-state index in [1.807, 2.05) is 31.1 Å². The van der Waals surface area contributed by atoms with Gasteiger partial charge in [-0.05, 0) is 62.5 Å². The molecule has 1 heterocycles. The van der Waals surface area contributed by atoms with E-state index in [1.54, 1.807) is 6.20 Å². The number of amides is 1. The van der Waals surface area contributed by atoms with Crippen LogP contribution in [-0.2, 0) is 4.79 Å². The van der Waals surface area contributed by atoms with E-state index in [2.05, 4.69) is 10.3 Å². The number of nitrogens with zero attached hydrogens (tertiary/aromatic N) is 2. The highest BCUT2D eigenvalue weighted by Crippen LogP contribution is 2.64. The molecule has 1 amide bonds. The molecule has 4 aliphatic rings. The Hall–Kier alpha value is -1.29. The zero-order valence-electron chi connectivity index (χ0n) is 13.8. The number of halogens is 1. The second kappa shape index (κ2) is 5.10. The van der Waals surface area contributed by atoms with Crippen molar-refractivity contribution in [2.75, 3.05) is 24.3 Å². The Kier molecular flexibility index (Phi) is 3.38. The Morgan fingerprint density at radius 3 is 2.61 bits per heavy atom. The zero-order chi connectivity index (χ0) is 16.2. The molecule has 23 heavy (non-hydrogen) atoms. The van der Waals surface area contributed by atoms with Crippen molar-refractivity contribution in [2.45, 2.75) is 43.4 Å². The third kappa shape index (κ3) is 2.51. The Morgan fingerprint density at radius 1 is 1.30 bits per heavy atom. The largest absolute Gasteiger partial charge is 0.361 e. The Labute approximate surface area is 142 Å². The normalized spacial score (nSPS) is 37.7. The molecule has 1 N–H and O–H groups in total. The summed E-state index contributed by atoms with van der Waals surface area (Å²) in [7, 11) is 3.88. The maximum absolute atomic E-state index is 13.2. The molecule has 4 nitrogen and oxygen atoms in total. The summed E-state index contributed by atoms with van der Waals surface area (Å²) in [5, 5.41) is 3.16. The van der Waals surface area contributed by atoms with Gasteiger partial charge in [0, 0.05) is 25.2 Å². The summed E-state index contributed by atoms with van der Waals surface area (Å²) in [4.78, 5) is 19.3. The molecule has 5 heteroatoms. The van der Waals surface area contributed by atoms with Crippen LogP contribution in [-0.4, -0.2) is 29.9 Å². The molecule has 0 saturated heterocycles. The van der Waals surface area contributed by atoms with Crippen LogP contribution in [0.15, 0.2) is 18.3 Å². The molecule has 4 aliphatic carbocycles. The van der Waals surface area contributed by atoms with Crippen LogP contribution >= 0.6 is 11.6 Å². The molecule has 0 aliphatic heterocycles. The van der Waals surface area contributed by atoms with Crippen LogP contribution in [0.25, 0.3) is 0 Å². The number of nitrogens with one attached hydrogen (secondary N) is 1. The Bertz CT molecular complexity index is 631. The number of alkyl halides is 1. The molecule has 4 saturated carbocycles. The van der Waals surface area contributed by atoms with Crippen molar-refractivity contribution in [3.63, 3.8) is 0 Å². The van der Waals surface area contributed by atoms with Gasteiger partial charge in [0.25, 0.3) is 0 Å². The minimum atomic E-state index is -0.273. The fraction of sp³-hybridized carbons (Fsp3) is 0.667. The molecule has 0 aromatic carbocycles. The first kappa shape index (κ1) is 15.3. The highest BCUT2D eigenvalue weighted by atomic mass is 35.5. The fourth-order valence-corrected chi connectivity index (χ4v) is 6.21. The van der Waals surface area contributed by atoms with Crippen LogP contribution in [0.1, 0.15) is 38.5 Å². The topological polar surface area (TPSA) is 45.2 Å². The van der Waals surface area contributed by atoms with Crippen molar-refractivity contribution in [1.82, 2.24) is 4.98 Å². The zero-order valence-corrected chi connectivity index (χ0v) is 14.6. The first-order valence-electron chi connectivity index (χ1n) is 8.52. The van der Waals surface area contributed by atoms with Crippen LogP contribution in [0.5, 0.6) is 0 Å². The standard InChI is InChI=1S/C18H24ClN3O/c1-22(2)15-14(4-3-5-20-15)21-16(23)17-7-12-6-13(8-17)10-18(19,9-12)11-17/h3-5,12-13H,6-11H2,1-2H3,(H,21,23)/t12-,13-,17?,18?/m1/s1. The lowest BCUT2D eigenvalue weighted by molar-refractivity contribution is -0.138. The minimum absolute atomic E-state index is 0.138. The van der Waals surface area contributed by atoms with Gasteiger partial charge in [0.05, 0.1) is 11.1 Å². The minimum Gasteiger partial charge on any atom is -0.361 e. The summed E-state index contributed by atoms with van der Waals surface area (Å²) < 4.78 is 0. The van der Waals surface area contributed by atoms with Crippen LogP contribution < -0.4 is 10.2 Å². The number of carbonyl (C=O) groups is 1. The number of pyridine rings is 1. The first-order chi connectivity index (χ1) is 10.9. The highest BCUT2D eigenvalue weighted by molar-refractivity contribution is 6.24. The van der Waals surface area contributed by atoms with Gasteiger partial charge < -0.3 is 10.2 Å². The fourth-order valence-electron chi connectivity index (χ4n) is 5.52. The molecule has 4 bridgehead atoms. The third-order valence-corrected chi connectivity index (χ3v) is 6.37. The van der Waals surface area contributed by atoms with Gasteiger partial charge in [-0.3, -0.25) is 4.79 Å². The molecule has 0 unspecified atom stereocenters. The summed E-state index contributed by atoms with van der Waals surface area (Å²) in [6.45, 7) is 0. The Morgan fingerprint density at radius 2 is 2.00 bits per heavy atom.